The van der Waals surface area contributed by atoms with Gasteiger partial charge in [-0.2, -0.15) is 0 Å². The molecular formula is C7H13NO4. The molecule has 0 bridgehead atoms. The summed E-state index contributed by atoms with van der Waals surface area (Å²) in [7, 11) is 0. The number of rotatable bonds is 2. The maximum absolute atomic E-state index is 10.4. The molecule has 0 aliphatic carbocycles. The Hall–Kier alpha value is -0.650. The van der Waals surface area contributed by atoms with Gasteiger partial charge >= 0.3 is 5.97 Å². The minimum absolute atomic E-state index is 0.237. The molecule has 1 saturated heterocycles. The molecule has 2 unspecified atom stereocenters. The first kappa shape index (κ1) is 9.44. The Morgan fingerprint density at radius 3 is 2.67 bits per heavy atom. The van der Waals surface area contributed by atoms with Gasteiger partial charge in [0.15, 0.2) is 5.79 Å². The van der Waals surface area contributed by atoms with Crippen LogP contribution < -0.4 is 5.73 Å². The molecule has 0 amide bonds. The Kier molecular flexibility index (Phi) is 2.36. The first-order chi connectivity index (χ1) is 5.42. The molecule has 0 saturated carbocycles. The van der Waals surface area contributed by atoms with Crippen LogP contribution in [-0.4, -0.2) is 35.6 Å². The quantitative estimate of drug-likeness (QED) is 0.594. The van der Waals surface area contributed by atoms with Crippen LogP contribution in [0, 0.1) is 0 Å². The minimum atomic E-state index is -1.07. The van der Waals surface area contributed by atoms with Crippen LogP contribution in [0.25, 0.3) is 0 Å². The van der Waals surface area contributed by atoms with Gasteiger partial charge in [-0.15, -0.1) is 0 Å². The van der Waals surface area contributed by atoms with E-state index in [0.717, 1.165) is 0 Å². The summed E-state index contributed by atoms with van der Waals surface area (Å²) < 4.78 is 10.4. The van der Waals surface area contributed by atoms with Gasteiger partial charge in [-0.05, 0) is 13.8 Å². The van der Waals surface area contributed by atoms with Crippen LogP contribution in [0.4, 0.5) is 0 Å². The topological polar surface area (TPSA) is 81.8 Å². The molecule has 1 rings (SSSR count). The number of carboxylic acids is 1. The van der Waals surface area contributed by atoms with Gasteiger partial charge in [0.25, 0.3) is 0 Å². The minimum Gasteiger partial charge on any atom is -0.480 e. The first-order valence-electron chi connectivity index (χ1n) is 3.72. The Labute approximate surface area is 70.4 Å². The van der Waals surface area contributed by atoms with Gasteiger partial charge in [-0.1, -0.05) is 0 Å². The van der Waals surface area contributed by atoms with Crippen molar-refractivity contribution in [2.24, 2.45) is 5.73 Å². The molecule has 0 spiro atoms. The molecule has 70 valence electrons. The van der Waals surface area contributed by atoms with E-state index in [4.69, 9.17) is 20.3 Å². The van der Waals surface area contributed by atoms with Gasteiger partial charge in [0, 0.05) is 0 Å². The third-order valence-corrected chi connectivity index (χ3v) is 1.72. The highest BCUT2D eigenvalue weighted by Crippen LogP contribution is 2.23. The number of carboxylic acid groups (broad SMARTS) is 1. The second-order valence-corrected chi connectivity index (χ2v) is 3.23. The fourth-order valence-corrected chi connectivity index (χ4v) is 1.05. The van der Waals surface area contributed by atoms with Gasteiger partial charge < -0.3 is 20.3 Å². The third-order valence-electron chi connectivity index (χ3n) is 1.72. The summed E-state index contributed by atoms with van der Waals surface area (Å²) in [6, 6.07) is -1.01. The van der Waals surface area contributed by atoms with Gasteiger partial charge in [-0.3, -0.25) is 4.79 Å². The van der Waals surface area contributed by atoms with E-state index in [1.807, 2.05) is 0 Å². The zero-order valence-corrected chi connectivity index (χ0v) is 7.11. The van der Waals surface area contributed by atoms with Crippen molar-refractivity contribution < 1.29 is 19.4 Å². The van der Waals surface area contributed by atoms with E-state index in [0.29, 0.717) is 0 Å². The van der Waals surface area contributed by atoms with Crippen molar-refractivity contribution in [3.8, 4) is 0 Å². The van der Waals surface area contributed by atoms with Crippen LogP contribution in [0.15, 0.2) is 0 Å². The standard InChI is InChI=1S/C7H13NO4/c1-7(2)11-3-4(12-7)5(8)6(9)10/h4-5H,3,8H2,1-2H3,(H,9,10). The Morgan fingerprint density at radius 1 is 1.75 bits per heavy atom. The zero-order valence-electron chi connectivity index (χ0n) is 7.11. The van der Waals surface area contributed by atoms with Crippen LogP contribution in [-0.2, 0) is 14.3 Å². The van der Waals surface area contributed by atoms with Crippen LogP contribution in [0.2, 0.25) is 0 Å². The molecule has 0 aromatic carbocycles. The van der Waals surface area contributed by atoms with E-state index >= 15 is 0 Å². The molecule has 12 heavy (non-hydrogen) atoms. The lowest BCUT2D eigenvalue weighted by molar-refractivity contribution is -0.152. The summed E-state index contributed by atoms with van der Waals surface area (Å²) >= 11 is 0. The van der Waals surface area contributed by atoms with Crippen LogP contribution in [0.3, 0.4) is 0 Å². The van der Waals surface area contributed by atoms with Gasteiger partial charge in [0.1, 0.15) is 12.1 Å². The lowest BCUT2D eigenvalue weighted by atomic mass is 10.2. The molecule has 2 atom stereocenters. The van der Waals surface area contributed by atoms with Crippen molar-refractivity contribution >= 4 is 5.97 Å². The molecule has 1 aliphatic heterocycles. The van der Waals surface area contributed by atoms with Crippen molar-refractivity contribution in [2.45, 2.75) is 31.8 Å². The number of carbonyl (C=O) groups is 1. The number of ether oxygens (including phenoxy) is 2. The molecule has 5 nitrogen and oxygen atoms in total. The van der Waals surface area contributed by atoms with Crippen molar-refractivity contribution in [3.05, 3.63) is 0 Å². The van der Waals surface area contributed by atoms with Gasteiger partial charge in [-0.25, -0.2) is 0 Å². The maximum atomic E-state index is 10.4. The predicted molar refractivity (Wildman–Crippen MR) is 40.5 cm³/mol. The van der Waals surface area contributed by atoms with E-state index < -0.39 is 23.9 Å². The second-order valence-electron chi connectivity index (χ2n) is 3.23. The number of aliphatic carboxylic acids is 1. The summed E-state index contributed by atoms with van der Waals surface area (Å²) in [4.78, 5) is 10.4. The molecule has 0 radical (unpaired) electrons. The van der Waals surface area contributed by atoms with Crippen molar-refractivity contribution in [1.82, 2.24) is 0 Å². The third kappa shape index (κ3) is 1.94. The van der Waals surface area contributed by atoms with E-state index in [1.54, 1.807) is 13.8 Å². The molecule has 1 fully saturated rings. The van der Waals surface area contributed by atoms with E-state index in [-0.39, 0.29) is 6.61 Å². The molecule has 1 heterocycles. The average Bonchev–Trinajstić information content (AvgIpc) is 2.28. The summed E-state index contributed by atoms with van der Waals surface area (Å²) in [6.07, 6.45) is -0.544. The maximum Gasteiger partial charge on any atom is 0.323 e. The van der Waals surface area contributed by atoms with Crippen LogP contribution in [0.1, 0.15) is 13.8 Å². The Morgan fingerprint density at radius 2 is 2.33 bits per heavy atom. The summed E-state index contributed by atoms with van der Waals surface area (Å²) in [6.45, 7) is 3.68. The molecule has 0 aromatic rings. The summed E-state index contributed by atoms with van der Waals surface area (Å²) in [5, 5.41) is 8.55. The van der Waals surface area contributed by atoms with Crippen molar-refractivity contribution in [1.29, 1.82) is 0 Å². The predicted octanol–water partition coefficient (Wildman–Crippen LogP) is -0.450. The smallest absolute Gasteiger partial charge is 0.323 e. The lowest BCUT2D eigenvalue weighted by Gasteiger charge is -2.18. The molecule has 3 N–H and O–H groups in total. The van der Waals surface area contributed by atoms with E-state index in [9.17, 15) is 4.79 Å². The lowest BCUT2D eigenvalue weighted by Crippen LogP contribution is -2.43. The largest absolute Gasteiger partial charge is 0.480 e. The Balaban J connectivity index is 2.52. The Bertz CT molecular complexity index is 192. The van der Waals surface area contributed by atoms with Crippen LogP contribution >= 0.6 is 0 Å². The molecule has 5 heteroatoms. The summed E-state index contributed by atoms with van der Waals surface area (Å²) in [5.41, 5.74) is 5.34. The zero-order chi connectivity index (χ0) is 9.35. The molecule has 0 aromatic heterocycles. The fourth-order valence-electron chi connectivity index (χ4n) is 1.05. The normalized spacial score (nSPS) is 30.1. The molecule has 1 aliphatic rings. The number of hydrogen-bond acceptors (Lipinski definition) is 4. The highest BCUT2D eigenvalue weighted by Gasteiger charge is 2.38. The fraction of sp³-hybridized carbons (Fsp3) is 0.857. The van der Waals surface area contributed by atoms with Gasteiger partial charge in [0.2, 0.25) is 0 Å². The highest BCUT2D eigenvalue weighted by atomic mass is 16.7. The summed E-state index contributed by atoms with van der Waals surface area (Å²) in [5.74, 6) is -1.78. The number of nitrogens with two attached hydrogens (primary N) is 1. The van der Waals surface area contributed by atoms with Crippen molar-refractivity contribution in [2.75, 3.05) is 6.61 Å². The van der Waals surface area contributed by atoms with E-state index in [2.05, 4.69) is 0 Å². The second kappa shape index (κ2) is 3.01. The first-order valence-corrected chi connectivity index (χ1v) is 3.72. The van der Waals surface area contributed by atoms with Gasteiger partial charge in [0.05, 0.1) is 6.61 Å². The SMILES string of the molecule is CC1(C)OCC(C(N)C(=O)O)O1. The van der Waals surface area contributed by atoms with Crippen LogP contribution in [0.5, 0.6) is 0 Å². The monoisotopic (exact) mass is 175 g/mol. The van der Waals surface area contributed by atoms with E-state index in [1.165, 1.54) is 0 Å². The van der Waals surface area contributed by atoms with Crippen molar-refractivity contribution in [3.63, 3.8) is 0 Å². The molecular weight excluding hydrogens is 162 g/mol. The average molecular weight is 175 g/mol. The number of hydrogen-bond donors (Lipinski definition) is 2. The highest BCUT2D eigenvalue weighted by molar-refractivity contribution is 5.74.